The quantitative estimate of drug-likeness (QED) is 0.186. The van der Waals surface area contributed by atoms with Crippen LogP contribution in [-0.4, -0.2) is 0 Å². The number of benzene rings is 10. The standard InChI is InChI=1S/C44H26/c1-2-7-39-27(4-1)18-21-41-40(39)20-19-28-8-11-35(26-42(28)41)33-13-12-32-23-34(15-14-31(32)22-33)38-24-36-16-9-29-5-3-6-30-10-17-37(25-38)44(36)43(29)30/h1-26H. The minimum absolute atomic E-state index is 1.24. The van der Waals surface area contributed by atoms with Crippen LogP contribution in [0.4, 0.5) is 0 Å². The molecule has 0 aliphatic rings. The van der Waals surface area contributed by atoms with E-state index < -0.39 is 0 Å². The zero-order chi connectivity index (χ0) is 28.8. The highest BCUT2D eigenvalue weighted by atomic mass is 14.2. The van der Waals surface area contributed by atoms with E-state index in [0.717, 1.165) is 0 Å². The maximum absolute atomic E-state index is 2.37. The van der Waals surface area contributed by atoms with Crippen molar-refractivity contribution in [3.63, 3.8) is 0 Å². The molecule has 0 spiro atoms. The molecule has 44 heavy (non-hydrogen) atoms. The number of fused-ring (bicyclic) bond motifs is 6. The fraction of sp³-hybridized carbons (Fsp3) is 0. The third-order valence-electron chi connectivity index (χ3n) is 9.71. The van der Waals surface area contributed by atoms with Gasteiger partial charge in [-0.15, -0.1) is 0 Å². The zero-order valence-electron chi connectivity index (χ0n) is 24.0. The van der Waals surface area contributed by atoms with Gasteiger partial charge in [0.2, 0.25) is 0 Å². The first-order valence-electron chi connectivity index (χ1n) is 15.3. The van der Waals surface area contributed by atoms with Crippen molar-refractivity contribution in [1.29, 1.82) is 0 Å². The van der Waals surface area contributed by atoms with E-state index in [1.165, 1.54) is 97.7 Å². The highest BCUT2D eigenvalue weighted by molar-refractivity contribution is 6.24. The van der Waals surface area contributed by atoms with Gasteiger partial charge in [0.1, 0.15) is 0 Å². The van der Waals surface area contributed by atoms with Gasteiger partial charge in [-0.1, -0.05) is 127 Å². The molecule has 0 saturated carbocycles. The molecule has 0 fully saturated rings. The van der Waals surface area contributed by atoms with Crippen molar-refractivity contribution < 1.29 is 0 Å². The summed E-state index contributed by atoms with van der Waals surface area (Å²) in [5.41, 5.74) is 5.00. The minimum atomic E-state index is 1.24. The molecule has 10 aromatic rings. The Hall–Kier alpha value is -5.72. The predicted octanol–water partition coefficient (Wildman–Crippen LogP) is 12.5. The second kappa shape index (κ2) is 8.89. The maximum Gasteiger partial charge on any atom is -0.00264 e. The summed E-state index contributed by atoms with van der Waals surface area (Å²) in [4.78, 5) is 0. The van der Waals surface area contributed by atoms with Crippen LogP contribution in [-0.2, 0) is 0 Å². The van der Waals surface area contributed by atoms with Crippen molar-refractivity contribution in [1.82, 2.24) is 0 Å². The lowest BCUT2D eigenvalue weighted by atomic mass is 9.90. The summed E-state index contributed by atoms with van der Waals surface area (Å²) in [5, 5.41) is 18.3. The largest absolute Gasteiger partial charge is 0.0616 e. The van der Waals surface area contributed by atoms with E-state index in [9.17, 15) is 0 Å². The van der Waals surface area contributed by atoms with E-state index >= 15 is 0 Å². The third kappa shape index (κ3) is 3.46. The second-order valence-corrected chi connectivity index (χ2v) is 12.2. The van der Waals surface area contributed by atoms with E-state index in [-0.39, 0.29) is 0 Å². The SMILES string of the molecule is c1ccc2c(c1)ccc1c3cc(-c4ccc5cc(-c6cc7ccc8cccc9ccc(c6)c7c89)ccc5c4)ccc3ccc21. The van der Waals surface area contributed by atoms with Gasteiger partial charge in [-0.25, -0.2) is 0 Å². The smallest absolute Gasteiger partial charge is 0.00264 e. The Labute approximate surface area is 254 Å². The van der Waals surface area contributed by atoms with Crippen LogP contribution in [0.25, 0.3) is 97.7 Å². The molecule has 0 atom stereocenters. The van der Waals surface area contributed by atoms with Crippen molar-refractivity contribution in [3.05, 3.63) is 158 Å². The summed E-state index contributed by atoms with van der Waals surface area (Å²) >= 11 is 0. The highest BCUT2D eigenvalue weighted by Gasteiger charge is 2.11. The Kier molecular flexibility index (Phi) is 4.81. The van der Waals surface area contributed by atoms with Crippen LogP contribution in [0.3, 0.4) is 0 Å². The molecule has 0 heteroatoms. The average Bonchev–Trinajstić information content (AvgIpc) is 3.09. The zero-order valence-corrected chi connectivity index (χ0v) is 24.0. The summed E-state index contributed by atoms with van der Waals surface area (Å²) < 4.78 is 0. The lowest BCUT2D eigenvalue weighted by molar-refractivity contribution is 1.66. The summed E-state index contributed by atoms with van der Waals surface area (Å²) in [5.74, 6) is 0. The summed E-state index contributed by atoms with van der Waals surface area (Å²) in [6.07, 6.45) is 0. The van der Waals surface area contributed by atoms with Crippen molar-refractivity contribution in [2.45, 2.75) is 0 Å². The topological polar surface area (TPSA) is 0 Å². The van der Waals surface area contributed by atoms with Crippen molar-refractivity contribution in [2.75, 3.05) is 0 Å². The molecule has 0 aliphatic heterocycles. The van der Waals surface area contributed by atoms with Gasteiger partial charge in [0.15, 0.2) is 0 Å². The summed E-state index contributed by atoms with van der Waals surface area (Å²) in [6.45, 7) is 0. The first-order chi connectivity index (χ1) is 21.8. The lowest BCUT2D eigenvalue weighted by Gasteiger charge is -2.13. The van der Waals surface area contributed by atoms with Crippen molar-refractivity contribution in [2.24, 2.45) is 0 Å². The van der Waals surface area contributed by atoms with Crippen molar-refractivity contribution >= 4 is 75.4 Å². The van der Waals surface area contributed by atoms with Crippen LogP contribution in [0.15, 0.2) is 158 Å². The van der Waals surface area contributed by atoms with Crippen LogP contribution in [0, 0.1) is 0 Å². The molecule has 0 heterocycles. The van der Waals surface area contributed by atoms with Gasteiger partial charge in [-0.05, 0) is 128 Å². The Morgan fingerprint density at radius 1 is 0.205 bits per heavy atom. The Bertz CT molecular complexity index is 2700. The molecule has 0 nitrogen and oxygen atoms in total. The maximum atomic E-state index is 2.37. The molecule has 0 aromatic heterocycles. The summed E-state index contributed by atoms with van der Waals surface area (Å²) in [6, 6.07) is 58.7. The number of hydrogen-bond donors (Lipinski definition) is 0. The van der Waals surface area contributed by atoms with Crippen molar-refractivity contribution in [3.8, 4) is 22.3 Å². The highest BCUT2D eigenvalue weighted by Crippen LogP contribution is 2.39. The van der Waals surface area contributed by atoms with Crippen LogP contribution >= 0.6 is 0 Å². The Morgan fingerprint density at radius 3 is 1.34 bits per heavy atom. The van der Waals surface area contributed by atoms with Gasteiger partial charge >= 0.3 is 0 Å². The lowest BCUT2D eigenvalue weighted by Crippen LogP contribution is -1.86. The number of hydrogen-bond acceptors (Lipinski definition) is 0. The van der Waals surface area contributed by atoms with Gasteiger partial charge in [-0.2, -0.15) is 0 Å². The average molecular weight is 555 g/mol. The van der Waals surface area contributed by atoms with E-state index in [0.29, 0.717) is 0 Å². The molecular formula is C44H26. The second-order valence-electron chi connectivity index (χ2n) is 12.2. The van der Waals surface area contributed by atoms with E-state index in [1.54, 1.807) is 0 Å². The van der Waals surface area contributed by atoms with Crippen LogP contribution < -0.4 is 0 Å². The predicted molar refractivity (Wildman–Crippen MR) is 191 cm³/mol. The Morgan fingerprint density at radius 2 is 0.636 bits per heavy atom. The molecule has 202 valence electrons. The van der Waals surface area contributed by atoms with Gasteiger partial charge in [0.25, 0.3) is 0 Å². The van der Waals surface area contributed by atoms with Crippen LogP contribution in [0.1, 0.15) is 0 Å². The fourth-order valence-corrected chi connectivity index (χ4v) is 7.52. The van der Waals surface area contributed by atoms with E-state index in [4.69, 9.17) is 0 Å². The monoisotopic (exact) mass is 554 g/mol. The minimum Gasteiger partial charge on any atom is -0.0616 e. The number of rotatable bonds is 2. The van der Waals surface area contributed by atoms with E-state index in [1.807, 2.05) is 0 Å². The molecule has 0 unspecified atom stereocenters. The van der Waals surface area contributed by atoms with Gasteiger partial charge < -0.3 is 0 Å². The van der Waals surface area contributed by atoms with Crippen LogP contribution in [0.5, 0.6) is 0 Å². The van der Waals surface area contributed by atoms with Gasteiger partial charge in [0.05, 0.1) is 0 Å². The molecule has 0 bridgehead atoms. The fourth-order valence-electron chi connectivity index (χ4n) is 7.52. The molecular weight excluding hydrogens is 528 g/mol. The van der Waals surface area contributed by atoms with E-state index in [2.05, 4.69) is 158 Å². The normalized spacial score (nSPS) is 12.1. The first-order valence-corrected chi connectivity index (χ1v) is 15.3. The molecule has 0 saturated heterocycles. The van der Waals surface area contributed by atoms with Gasteiger partial charge in [-0.3, -0.25) is 0 Å². The Balaban J connectivity index is 1.08. The molecule has 10 rings (SSSR count). The molecule has 0 radical (unpaired) electrons. The molecule has 0 N–H and O–H groups in total. The van der Waals surface area contributed by atoms with Gasteiger partial charge in [0, 0.05) is 0 Å². The molecule has 10 aromatic carbocycles. The third-order valence-corrected chi connectivity index (χ3v) is 9.71. The first kappa shape index (κ1) is 23.8. The molecule has 0 aliphatic carbocycles. The summed E-state index contributed by atoms with van der Waals surface area (Å²) in [7, 11) is 0. The molecule has 0 amide bonds. The van der Waals surface area contributed by atoms with Crippen LogP contribution in [0.2, 0.25) is 0 Å².